The SMILES string of the molecule is Cc1ccc(C(NC(=O)CCCN2CCOCC2)c2cccnc2)c(C)c1. The van der Waals surface area contributed by atoms with Gasteiger partial charge in [0.2, 0.25) is 5.91 Å². The molecule has 5 nitrogen and oxygen atoms in total. The third-order valence-electron chi connectivity index (χ3n) is 5.04. The van der Waals surface area contributed by atoms with Crippen molar-refractivity contribution in [1.29, 1.82) is 0 Å². The van der Waals surface area contributed by atoms with Crippen LogP contribution in [0.3, 0.4) is 0 Å². The Labute approximate surface area is 161 Å². The van der Waals surface area contributed by atoms with Gasteiger partial charge in [-0.15, -0.1) is 0 Å². The summed E-state index contributed by atoms with van der Waals surface area (Å²) in [5, 5.41) is 3.23. The third kappa shape index (κ3) is 5.62. The number of hydrogen-bond acceptors (Lipinski definition) is 4. The van der Waals surface area contributed by atoms with Crippen molar-refractivity contribution < 1.29 is 9.53 Å². The molecule has 0 bridgehead atoms. The molecule has 0 saturated carbocycles. The highest BCUT2D eigenvalue weighted by Crippen LogP contribution is 2.25. The van der Waals surface area contributed by atoms with E-state index in [-0.39, 0.29) is 11.9 Å². The molecule has 2 heterocycles. The van der Waals surface area contributed by atoms with E-state index in [1.165, 1.54) is 11.1 Å². The fourth-order valence-electron chi connectivity index (χ4n) is 3.56. The van der Waals surface area contributed by atoms with Crippen LogP contribution in [-0.4, -0.2) is 48.6 Å². The molecule has 1 aromatic carbocycles. The van der Waals surface area contributed by atoms with Gasteiger partial charge in [0.05, 0.1) is 19.3 Å². The van der Waals surface area contributed by atoms with Crippen LogP contribution in [0.25, 0.3) is 0 Å². The van der Waals surface area contributed by atoms with Gasteiger partial charge in [0.15, 0.2) is 0 Å². The Kier molecular flexibility index (Phi) is 6.96. The van der Waals surface area contributed by atoms with E-state index in [0.29, 0.717) is 6.42 Å². The molecule has 0 aliphatic carbocycles. The van der Waals surface area contributed by atoms with Gasteiger partial charge in [0.25, 0.3) is 0 Å². The first-order chi connectivity index (χ1) is 13.1. The molecule has 1 N–H and O–H groups in total. The molecule has 27 heavy (non-hydrogen) atoms. The second-order valence-electron chi connectivity index (χ2n) is 7.20. The summed E-state index contributed by atoms with van der Waals surface area (Å²) in [5.41, 5.74) is 4.52. The largest absolute Gasteiger partial charge is 0.379 e. The van der Waals surface area contributed by atoms with Crippen LogP contribution in [0.5, 0.6) is 0 Å². The van der Waals surface area contributed by atoms with Crippen molar-refractivity contribution >= 4 is 5.91 Å². The Morgan fingerprint density at radius 3 is 2.78 bits per heavy atom. The highest BCUT2D eigenvalue weighted by atomic mass is 16.5. The van der Waals surface area contributed by atoms with Crippen molar-refractivity contribution in [2.24, 2.45) is 0 Å². The molecule has 1 aromatic heterocycles. The van der Waals surface area contributed by atoms with E-state index in [9.17, 15) is 4.79 Å². The van der Waals surface area contributed by atoms with Gasteiger partial charge in [-0.3, -0.25) is 14.7 Å². The molecule has 1 aliphatic heterocycles. The predicted molar refractivity (Wildman–Crippen MR) is 107 cm³/mol. The first kappa shape index (κ1) is 19.5. The number of amides is 1. The number of pyridine rings is 1. The molecule has 1 unspecified atom stereocenters. The maximum absolute atomic E-state index is 12.6. The normalized spacial score (nSPS) is 16.1. The van der Waals surface area contributed by atoms with Gasteiger partial charge in [0.1, 0.15) is 0 Å². The van der Waals surface area contributed by atoms with Crippen LogP contribution in [0.4, 0.5) is 0 Å². The number of nitrogens with zero attached hydrogens (tertiary/aromatic N) is 2. The lowest BCUT2D eigenvalue weighted by Gasteiger charge is -2.26. The molecule has 1 aliphatic rings. The Bertz CT molecular complexity index is 742. The summed E-state index contributed by atoms with van der Waals surface area (Å²) < 4.78 is 5.37. The summed E-state index contributed by atoms with van der Waals surface area (Å²) in [6.45, 7) is 8.63. The van der Waals surface area contributed by atoms with E-state index in [1.54, 1.807) is 6.20 Å². The number of aryl methyl sites for hydroxylation is 2. The number of ether oxygens (including phenoxy) is 1. The molecule has 2 aromatic rings. The lowest BCUT2D eigenvalue weighted by atomic mass is 9.94. The second kappa shape index (κ2) is 9.62. The van der Waals surface area contributed by atoms with E-state index in [0.717, 1.165) is 50.4 Å². The lowest BCUT2D eigenvalue weighted by molar-refractivity contribution is -0.121. The minimum Gasteiger partial charge on any atom is -0.379 e. The molecular formula is C22H29N3O2. The number of rotatable bonds is 7. The van der Waals surface area contributed by atoms with Crippen molar-refractivity contribution in [3.05, 3.63) is 65.0 Å². The molecule has 0 radical (unpaired) electrons. The zero-order valence-corrected chi connectivity index (χ0v) is 16.3. The second-order valence-corrected chi connectivity index (χ2v) is 7.20. The fourth-order valence-corrected chi connectivity index (χ4v) is 3.56. The fraction of sp³-hybridized carbons (Fsp3) is 0.455. The Morgan fingerprint density at radius 2 is 2.07 bits per heavy atom. The Balaban J connectivity index is 1.65. The zero-order chi connectivity index (χ0) is 19.1. The third-order valence-corrected chi connectivity index (χ3v) is 5.04. The minimum absolute atomic E-state index is 0.0806. The van der Waals surface area contributed by atoms with Gasteiger partial charge < -0.3 is 10.1 Å². The zero-order valence-electron chi connectivity index (χ0n) is 16.3. The highest BCUT2D eigenvalue weighted by molar-refractivity contribution is 5.77. The predicted octanol–water partition coefficient (Wildman–Crippen LogP) is 3.02. The Morgan fingerprint density at radius 1 is 1.26 bits per heavy atom. The summed E-state index contributed by atoms with van der Waals surface area (Å²) >= 11 is 0. The number of carbonyl (C=O) groups is 1. The average molecular weight is 367 g/mol. The van der Waals surface area contributed by atoms with Crippen LogP contribution >= 0.6 is 0 Å². The van der Waals surface area contributed by atoms with Gasteiger partial charge in [-0.25, -0.2) is 0 Å². The molecule has 1 fully saturated rings. The molecule has 1 atom stereocenters. The maximum Gasteiger partial charge on any atom is 0.220 e. The number of aromatic nitrogens is 1. The first-order valence-corrected chi connectivity index (χ1v) is 9.70. The van der Waals surface area contributed by atoms with Crippen molar-refractivity contribution in [3.63, 3.8) is 0 Å². The standard InChI is InChI=1S/C22H29N3O2/c1-17-7-8-20(18(2)15-17)22(19-5-3-9-23-16-19)24-21(26)6-4-10-25-11-13-27-14-12-25/h3,5,7-9,15-16,22H,4,6,10-14H2,1-2H3,(H,24,26). The molecule has 0 spiro atoms. The summed E-state index contributed by atoms with van der Waals surface area (Å²) in [7, 11) is 0. The summed E-state index contributed by atoms with van der Waals surface area (Å²) in [4.78, 5) is 19.2. The lowest BCUT2D eigenvalue weighted by Crippen LogP contribution is -2.37. The molecule has 5 heteroatoms. The monoisotopic (exact) mass is 367 g/mol. The number of morpholine rings is 1. The van der Waals surface area contributed by atoms with Crippen molar-refractivity contribution in [1.82, 2.24) is 15.2 Å². The number of carbonyl (C=O) groups excluding carboxylic acids is 1. The van der Waals surface area contributed by atoms with Crippen LogP contribution in [-0.2, 0) is 9.53 Å². The van der Waals surface area contributed by atoms with Gasteiger partial charge in [-0.1, -0.05) is 29.8 Å². The first-order valence-electron chi connectivity index (χ1n) is 9.70. The van der Waals surface area contributed by atoms with Gasteiger partial charge >= 0.3 is 0 Å². The smallest absolute Gasteiger partial charge is 0.220 e. The van der Waals surface area contributed by atoms with Crippen LogP contribution in [0.15, 0.2) is 42.7 Å². The van der Waals surface area contributed by atoms with Crippen molar-refractivity contribution in [2.75, 3.05) is 32.8 Å². The molecule has 3 rings (SSSR count). The molecule has 1 amide bonds. The quantitative estimate of drug-likeness (QED) is 0.817. The van der Waals surface area contributed by atoms with Crippen molar-refractivity contribution in [3.8, 4) is 0 Å². The van der Waals surface area contributed by atoms with Crippen molar-refractivity contribution in [2.45, 2.75) is 32.7 Å². The molecule has 144 valence electrons. The number of benzene rings is 1. The molecule has 1 saturated heterocycles. The van der Waals surface area contributed by atoms with E-state index >= 15 is 0 Å². The van der Waals surface area contributed by atoms with Gasteiger partial charge in [-0.2, -0.15) is 0 Å². The van der Waals surface area contributed by atoms with Gasteiger partial charge in [0, 0.05) is 31.9 Å². The molecular weight excluding hydrogens is 338 g/mol. The average Bonchev–Trinajstić information content (AvgIpc) is 2.68. The summed E-state index contributed by atoms with van der Waals surface area (Å²) in [6, 6.07) is 10.1. The topological polar surface area (TPSA) is 54.5 Å². The Hall–Kier alpha value is -2.24. The van der Waals surface area contributed by atoms with Gasteiger partial charge in [-0.05, 0) is 49.6 Å². The van der Waals surface area contributed by atoms with Crippen LogP contribution in [0, 0.1) is 13.8 Å². The minimum atomic E-state index is -0.171. The van der Waals surface area contributed by atoms with E-state index in [2.05, 4.69) is 47.2 Å². The number of hydrogen-bond donors (Lipinski definition) is 1. The van der Waals surface area contributed by atoms with E-state index in [4.69, 9.17) is 4.74 Å². The van der Waals surface area contributed by atoms with Crippen LogP contribution < -0.4 is 5.32 Å². The van der Waals surface area contributed by atoms with Crippen LogP contribution in [0.2, 0.25) is 0 Å². The number of nitrogens with one attached hydrogen (secondary N) is 1. The maximum atomic E-state index is 12.6. The summed E-state index contributed by atoms with van der Waals surface area (Å²) in [5.74, 6) is 0.0806. The summed E-state index contributed by atoms with van der Waals surface area (Å²) in [6.07, 6.45) is 4.97. The highest BCUT2D eigenvalue weighted by Gasteiger charge is 2.19. The van der Waals surface area contributed by atoms with E-state index < -0.39 is 0 Å². The van der Waals surface area contributed by atoms with E-state index in [1.807, 2.05) is 18.3 Å². The van der Waals surface area contributed by atoms with Crippen LogP contribution in [0.1, 0.15) is 41.1 Å².